The lowest BCUT2D eigenvalue weighted by Crippen LogP contribution is -2.53. The van der Waals surface area contributed by atoms with E-state index in [1.807, 2.05) is 38.1 Å². The Morgan fingerprint density at radius 3 is 2.70 bits per heavy atom. The molecule has 1 aromatic rings. The molecule has 2 rings (SSSR count). The van der Waals surface area contributed by atoms with Gasteiger partial charge in [-0.2, -0.15) is 4.31 Å². The topological polar surface area (TPSA) is 58.6 Å². The Morgan fingerprint density at radius 2 is 2.05 bits per heavy atom. The van der Waals surface area contributed by atoms with Crippen LogP contribution in [0.1, 0.15) is 12.5 Å². The molecule has 0 bridgehead atoms. The van der Waals surface area contributed by atoms with E-state index in [0.29, 0.717) is 25.4 Å². The summed E-state index contributed by atoms with van der Waals surface area (Å²) in [5, 5.41) is 3.19. The van der Waals surface area contributed by atoms with Gasteiger partial charge < -0.3 is 10.1 Å². The van der Waals surface area contributed by atoms with Crippen molar-refractivity contribution in [3.05, 3.63) is 29.8 Å². The summed E-state index contributed by atoms with van der Waals surface area (Å²) >= 11 is 0. The summed E-state index contributed by atoms with van der Waals surface area (Å²) in [6, 6.07) is 7.61. The van der Waals surface area contributed by atoms with E-state index in [2.05, 4.69) is 5.32 Å². The molecule has 1 atom stereocenters. The molecule has 1 aromatic carbocycles. The van der Waals surface area contributed by atoms with Gasteiger partial charge in [0.15, 0.2) is 0 Å². The molecule has 0 aromatic heterocycles. The lowest BCUT2D eigenvalue weighted by atomic mass is 10.2. The maximum absolute atomic E-state index is 12.3. The minimum absolute atomic E-state index is 0.00752. The fraction of sp³-hybridized carbons (Fsp3) is 0.571. The number of hydrogen-bond donors (Lipinski definition) is 1. The third-order valence-corrected chi connectivity index (χ3v) is 5.37. The van der Waals surface area contributed by atoms with Crippen LogP contribution in [0.3, 0.4) is 0 Å². The van der Waals surface area contributed by atoms with Crippen molar-refractivity contribution in [3.8, 4) is 5.75 Å². The minimum Gasteiger partial charge on any atom is -0.492 e. The predicted molar refractivity (Wildman–Crippen MR) is 79.5 cm³/mol. The Morgan fingerprint density at radius 1 is 1.35 bits per heavy atom. The fourth-order valence-electron chi connectivity index (χ4n) is 2.25. The normalized spacial score (nSPS) is 20.8. The maximum atomic E-state index is 12.3. The summed E-state index contributed by atoms with van der Waals surface area (Å²) in [4.78, 5) is 0. The van der Waals surface area contributed by atoms with Gasteiger partial charge in [-0.15, -0.1) is 0 Å². The molecule has 0 unspecified atom stereocenters. The monoisotopic (exact) mass is 298 g/mol. The van der Waals surface area contributed by atoms with Gasteiger partial charge in [-0.3, -0.25) is 0 Å². The Labute approximate surface area is 121 Å². The average molecular weight is 298 g/mol. The highest BCUT2D eigenvalue weighted by molar-refractivity contribution is 7.89. The number of aryl methyl sites for hydroxylation is 1. The van der Waals surface area contributed by atoms with Crippen molar-refractivity contribution in [3.63, 3.8) is 0 Å². The number of piperazine rings is 1. The number of nitrogens with zero attached hydrogens (tertiary/aromatic N) is 1. The van der Waals surface area contributed by atoms with Crippen LogP contribution in [0.5, 0.6) is 5.75 Å². The summed E-state index contributed by atoms with van der Waals surface area (Å²) in [7, 11) is -3.24. The van der Waals surface area contributed by atoms with Crippen molar-refractivity contribution in [2.45, 2.75) is 19.9 Å². The molecule has 1 N–H and O–H groups in total. The lowest BCUT2D eigenvalue weighted by molar-refractivity contribution is 0.278. The van der Waals surface area contributed by atoms with Crippen LogP contribution in [0, 0.1) is 6.92 Å². The predicted octanol–water partition coefficient (Wildman–Crippen LogP) is 0.997. The van der Waals surface area contributed by atoms with Crippen LogP contribution in [0.15, 0.2) is 24.3 Å². The van der Waals surface area contributed by atoms with E-state index < -0.39 is 10.0 Å². The minimum atomic E-state index is -3.24. The molecular weight excluding hydrogens is 276 g/mol. The van der Waals surface area contributed by atoms with Crippen LogP contribution in [-0.2, 0) is 10.0 Å². The van der Waals surface area contributed by atoms with E-state index in [4.69, 9.17) is 4.74 Å². The third-order valence-electron chi connectivity index (χ3n) is 3.43. The largest absolute Gasteiger partial charge is 0.492 e. The van der Waals surface area contributed by atoms with E-state index in [1.54, 1.807) is 4.31 Å². The number of hydrogen-bond acceptors (Lipinski definition) is 4. The van der Waals surface area contributed by atoms with Crippen molar-refractivity contribution in [2.75, 3.05) is 32.0 Å². The Balaban J connectivity index is 1.87. The van der Waals surface area contributed by atoms with Crippen molar-refractivity contribution < 1.29 is 13.2 Å². The summed E-state index contributed by atoms with van der Waals surface area (Å²) < 4.78 is 31.6. The summed E-state index contributed by atoms with van der Waals surface area (Å²) in [5.41, 5.74) is 1.15. The van der Waals surface area contributed by atoms with Crippen molar-refractivity contribution in [2.24, 2.45) is 0 Å². The van der Waals surface area contributed by atoms with E-state index >= 15 is 0 Å². The van der Waals surface area contributed by atoms with Crippen molar-refractivity contribution >= 4 is 10.0 Å². The number of nitrogens with one attached hydrogen (secondary N) is 1. The van der Waals surface area contributed by atoms with Crippen LogP contribution in [0.2, 0.25) is 0 Å². The molecular formula is C14H22N2O3S. The number of benzene rings is 1. The molecule has 0 spiro atoms. The SMILES string of the molecule is Cc1ccc(OCCS(=O)(=O)N2CCNC[C@@H]2C)cc1. The van der Waals surface area contributed by atoms with Gasteiger partial charge >= 0.3 is 0 Å². The van der Waals surface area contributed by atoms with Gasteiger partial charge in [0.1, 0.15) is 12.4 Å². The van der Waals surface area contributed by atoms with Gasteiger partial charge in [0.05, 0.1) is 5.75 Å². The second-order valence-electron chi connectivity index (χ2n) is 5.14. The zero-order valence-corrected chi connectivity index (χ0v) is 12.8. The van der Waals surface area contributed by atoms with E-state index in [1.165, 1.54) is 0 Å². The van der Waals surface area contributed by atoms with Gasteiger partial charge in [0.2, 0.25) is 10.0 Å². The molecule has 1 fully saturated rings. The zero-order chi connectivity index (χ0) is 14.6. The quantitative estimate of drug-likeness (QED) is 0.881. The Hall–Kier alpha value is -1.11. The highest BCUT2D eigenvalue weighted by Gasteiger charge is 2.29. The van der Waals surface area contributed by atoms with Gasteiger partial charge in [-0.25, -0.2) is 8.42 Å². The average Bonchev–Trinajstić information content (AvgIpc) is 2.41. The number of ether oxygens (including phenoxy) is 1. The molecule has 0 amide bonds. The smallest absolute Gasteiger partial charge is 0.217 e. The highest BCUT2D eigenvalue weighted by atomic mass is 32.2. The van der Waals surface area contributed by atoms with Crippen molar-refractivity contribution in [1.82, 2.24) is 9.62 Å². The molecule has 5 nitrogen and oxygen atoms in total. The summed E-state index contributed by atoms with van der Waals surface area (Å²) in [6.07, 6.45) is 0. The van der Waals surface area contributed by atoms with Gasteiger partial charge in [0, 0.05) is 25.7 Å². The molecule has 6 heteroatoms. The van der Waals surface area contributed by atoms with E-state index in [9.17, 15) is 8.42 Å². The van der Waals surface area contributed by atoms with Crippen LogP contribution < -0.4 is 10.1 Å². The standard InChI is InChI=1S/C14H22N2O3S/c1-12-3-5-14(6-4-12)19-9-10-20(17,18)16-8-7-15-11-13(16)2/h3-6,13,15H,7-11H2,1-2H3/t13-/m0/s1. The molecule has 112 valence electrons. The van der Waals surface area contributed by atoms with Gasteiger partial charge in [0.25, 0.3) is 0 Å². The first kappa shape index (κ1) is 15.3. The van der Waals surface area contributed by atoms with Crippen LogP contribution in [-0.4, -0.2) is 50.8 Å². The van der Waals surface area contributed by atoms with Crippen molar-refractivity contribution in [1.29, 1.82) is 0 Å². The zero-order valence-electron chi connectivity index (χ0n) is 12.0. The second-order valence-corrected chi connectivity index (χ2v) is 7.18. The Bertz CT molecular complexity index is 528. The molecule has 1 heterocycles. The van der Waals surface area contributed by atoms with E-state index in [-0.39, 0.29) is 18.4 Å². The Kier molecular flexibility index (Phi) is 5.01. The van der Waals surface area contributed by atoms with Crippen LogP contribution in [0.25, 0.3) is 0 Å². The first-order valence-electron chi connectivity index (χ1n) is 6.89. The van der Waals surface area contributed by atoms with Gasteiger partial charge in [-0.05, 0) is 26.0 Å². The fourth-order valence-corrected chi connectivity index (χ4v) is 3.77. The summed E-state index contributed by atoms with van der Waals surface area (Å²) in [5.74, 6) is 0.727. The number of sulfonamides is 1. The van der Waals surface area contributed by atoms with Crippen LogP contribution in [0.4, 0.5) is 0 Å². The molecule has 1 aliphatic rings. The van der Waals surface area contributed by atoms with Gasteiger partial charge in [-0.1, -0.05) is 17.7 Å². The number of rotatable bonds is 5. The first-order valence-corrected chi connectivity index (χ1v) is 8.50. The third kappa shape index (κ3) is 3.94. The maximum Gasteiger partial charge on any atom is 0.217 e. The lowest BCUT2D eigenvalue weighted by Gasteiger charge is -2.32. The van der Waals surface area contributed by atoms with E-state index in [0.717, 1.165) is 5.56 Å². The first-order chi connectivity index (χ1) is 9.49. The molecule has 1 saturated heterocycles. The van der Waals surface area contributed by atoms with Crippen LogP contribution >= 0.6 is 0 Å². The molecule has 1 aliphatic heterocycles. The molecule has 0 radical (unpaired) electrons. The molecule has 20 heavy (non-hydrogen) atoms. The highest BCUT2D eigenvalue weighted by Crippen LogP contribution is 2.13. The molecule has 0 saturated carbocycles. The molecule has 0 aliphatic carbocycles. The summed E-state index contributed by atoms with van der Waals surface area (Å²) in [6.45, 7) is 6.06. The second kappa shape index (κ2) is 6.56.